The number of anilines is 1. The third-order valence-corrected chi connectivity index (χ3v) is 6.44. The zero-order valence-electron chi connectivity index (χ0n) is 17.6. The summed E-state index contributed by atoms with van der Waals surface area (Å²) in [4.78, 5) is 12.9. The molecule has 0 bridgehead atoms. The highest BCUT2D eigenvalue weighted by Crippen LogP contribution is 2.32. The van der Waals surface area contributed by atoms with Crippen molar-refractivity contribution >= 4 is 21.6 Å². The van der Waals surface area contributed by atoms with Crippen molar-refractivity contribution in [3.8, 4) is 5.75 Å². The first-order chi connectivity index (χ1) is 14.9. The highest BCUT2D eigenvalue weighted by atomic mass is 32.2. The number of aryl methyl sites for hydroxylation is 1. The van der Waals surface area contributed by atoms with Crippen LogP contribution < -0.4 is 14.4 Å². The predicted molar refractivity (Wildman–Crippen MR) is 122 cm³/mol. The Kier molecular flexibility index (Phi) is 7.31. The Morgan fingerprint density at radius 3 is 2.26 bits per heavy atom. The van der Waals surface area contributed by atoms with Crippen LogP contribution in [0.25, 0.3) is 0 Å². The fraction of sp³-hybridized carbons (Fsp3) is 0.208. The van der Waals surface area contributed by atoms with Gasteiger partial charge in [0.05, 0.1) is 17.2 Å². The maximum Gasteiger partial charge on any atom is 0.264 e. The third kappa shape index (κ3) is 5.64. The van der Waals surface area contributed by atoms with Crippen LogP contribution in [0, 0.1) is 6.92 Å². The van der Waals surface area contributed by atoms with Crippen LogP contribution in [0.3, 0.4) is 0 Å². The average molecular weight is 439 g/mol. The molecule has 0 spiro atoms. The molecule has 1 amide bonds. The Balaban J connectivity index is 1.89. The minimum Gasteiger partial charge on any atom is -0.492 e. The minimum absolute atomic E-state index is 0.104. The summed E-state index contributed by atoms with van der Waals surface area (Å²) in [7, 11) is -3.99. The molecule has 3 aromatic rings. The van der Waals surface area contributed by atoms with Gasteiger partial charge in [-0.15, -0.1) is 0 Å². The lowest BCUT2D eigenvalue weighted by molar-refractivity contribution is -0.119. The second-order valence-corrected chi connectivity index (χ2v) is 8.85. The van der Waals surface area contributed by atoms with E-state index < -0.39 is 15.9 Å². The molecular weight excluding hydrogens is 412 g/mol. The first kappa shape index (κ1) is 22.4. The number of carbonyl (C=O) groups excluding carboxylic acids is 1. The van der Waals surface area contributed by atoms with Gasteiger partial charge in [-0.1, -0.05) is 60.2 Å². The van der Waals surface area contributed by atoms with Gasteiger partial charge in [-0.25, -0.2) is 8.42 Å². The Bertz CT molecular complexity index is 1110. The van der Waals surface area contributed by atoms with E-state index in [9.17, 15) is 13.2 Å². The molecule has 0 unspecified atom stereocenters. The summed E-state index contributed by atoms with van der Waals surface area (Å²) >= 11 is 0. The maximum absolute atomic E-state index is 13.4. The smallest absolute Gasteiger partial charge is 0.264 e. The lowest BCUT2D eigenvalue weighted by Gasteiger charge is -2.26. The molecule has 1 N–H and O–H groups in total. The summed E-state index contributed by atoms with van der Waals surface area (Å²) in [6.45, 7) is 4.13. The summed E-state index contributed by atoms with van der Waals surface area (Å²) in [5.41, 5.74) is 2.38. The second-order valence-electron chi connectivity index (χ2n) is 6.99. The van der Waals surface area contributed by atoms with Crippen LogP contribution >= 0.6 is 0 Å². The molecule has 162 valence electrons. The number of para-hydroxylation sites is 2. The monoisotopic (exact) mass is 438 g/mol. The SMILES string of the molecule is CCOc1ccccc1N(CC(=O)NCc1ccc(C)cc1)S(=O)(=O)c1ccccc1. The van der Waals surface area contributed by atoms with Crippen molar-refractivity contribution in [1.29, 1.82) is 0 Å². The van der Waals surface area contributed by atoms with E-state index in [4.69, 9.17) is 4.74 Å². The van der Waals surface area contributed by atoms with Gasteiger partial charge in [0.2, 0.25) is 5.91 Å². The van der Waals surface area contributed by atoms with E-state index in [2.05, 4.69) is 5.32 Å². The Labute approximate surface area is 183 Å². The molecule has 6 nitrogen and oxygen atoms in total. The molecule has 0 radical (unpaired) electrons. The van der Waals surface area contributed by atoms with E-state index in [0.29, 0.717) is 24.6 Å². The van der Waals surface area contributed by atoms with Gasteiger partial charge in [-0.05, 0) is 43.7 Å². The van der Waals surface area contributed by atoms with E-state index in [1.807, 2.05) is 38.1 Å². The number of sulfonamides is 1. The standard InChI is InChI=1S/C24H26N2O4S/c1-3-30-23-12-8-7-11-22(23)26(31(28,29)21-9-5-4-6-10-21)18-24(27)25-17-20-15-13-19(2)14-16-20/h4-16H,3,17-18H2,1-2H3,(H,25,27). The molecule has 7 heteroatoms. The van der Waals surface area contributed by atoms with E-state index >= 15 is 0 Å². The molecule has 0 aliphatic heterocycles. The van der Waals surface area contributed by atoms with Crippen LogP contribution in [0.1, 0.15) is 18.1 Å². The molecule has 0 fully saturated rings. The van der Waals surface area contributed by atoms with Crippen molar-refractivity contribution in [3.63, 3.8) is 0 Å². The van der Waals surface area contributed by atoms with Crippen molar-refractivity contribution in [2.45, 2.75) is 25.3 Å². The molecule has 3 rings (SSSR count). The van der Waals surface area contributed by atoms with Crippen LogP contribution in [-0.4, -0.2) is 27.5 Å². The first-order valence-corrected chi connectivity index (χ1v) is 11.5. The number of hydrogen-bond donors (Lipinski definition) is 1. The fourth-order valence-electron chi connectivity index (χ4n) is 3.05. The van der Waals surface area contributed by atoms with E-state index in [0.717, 1.165) is 15.4 Å². The van der Waals surface area contributed by atoms with E-state index in [-0.39, 0.29) is 11.4 Å². The molecule has 3 aromatic carbocycles. The summed E-state index contributed by atoms with van der Waals surface area (Å²) < 4.78 is 33.6. The van der Waals surface area contributed by atoms with Gasteiger partial charge in [-0.2, -0.15) is 0 Å². The van der Waals surface area contributed by atoms with Crippen LogP contribution in [0.4, 0.5) is 5.69 Å². The van der Waals surface area contributed by atoms with Crippen LogP contribution in [0.15, 0.2) is 83.8 Å². The lowest BCUT2D eigenvalue weighted by Crippen LogP contribution is -2.40. The normalized spacial score (nSPS) is 11.0. The molecule has 0 aliphatic carbocycles. The second kappa shape index (κ2) is 10.1. The van der Waals surface area contributed by atoms with Crippen molar-refractivity contribution < 1.29 is 17.9 Å². The molecule has 31 heavy (non-hydrogen) atoms. The highest BCUT2D eigenvalue weighted by Gasteiger charge is 2.29. The number of nitrogens with zero attached hydrogens (tertiary/aromatic N) is 1. The summed E-state index contributed by atoms with van der Waals surface area (Å²) in [6.07, 6.45) is 0. The van der Waals surface area contributed by atoms with Gasteiger partial charge in [0.25, 0.3) is 10.0 Å². The van der Waals surface area contributed by atoms with Gasteiger partial charge >= 0.3 is 0 Å². The lowest BCUT2D eigenvalue weighted by atomic mass is 10.1. The Morgan fingerprint density at radius 2 is 1.58 bits per heavy atom. The van der Waals surface area contributed by atoms with Crippen molar-refractivity contribution in [2.24, 2.45) is 0 Å². The molecular formula is C24H26N2O4S. The summed E-state index contributed by atoms with van der Waals surface area (Å²) in [5.74, 6) is -0.0118. The quantitative estimate of drug-likeness (QED) is 0.550. The van der Waals surface area contributed by atoms with Gasteiger partial charge < -0.3 is 10.1 Å². The molecule has 0 saturated carbocycles. The van der Waals surface area contributed by atoms with E-state index in [1.165, 1.54) is 12.1 Å². The number of nitrogens with one attached hydrogen (secondary N) is 1. The number of hydrogen-bond acceptors (Lipinski definition) is 4. The first-order valence-electron chi connectivity index (χ1n) is 10.0. The van der Waals surface area contributed by atoms with Gasteiger partial charge in [0.15, 0.2) is 0 Å². The molecule has 0 aromatic heterocycles. The van der Waals surface area contributed by atoms with Crippen molar-refractivity contribution in [2.75, 3.05) is 17.5 Å². The van der Waals surface area contributed by atoms with Gasteiger partial charge in [-0.3, -0.25) is 9.10 Å². The van der Waals surface area contributed by atoms with E-state index in [1.54, 1.807) is 42.5 Å². The largest absolute Gasteiger partial charge is 0.492 e. The van der Waals surface area contributed by atoms with Crippen molar-refractivity contribution in [3.05, 3.63) is 90.0 Å². The topological polar surface area (TPSA) is 75.7 Å². The number of ether oxygens (including phenoxy) is 1. The third-order valence-electron chi connectivity index (χ3n) is 4.66. The zero-order valence-corrected chi connectivity index (χ0v) is 18.4. The van der Waals surface area contributed by atoms with Crippen LogP contribution in [-0.2, 0) is 21.4 Å². The Morgan fingerprint density at radius 1 is 0.935 bits per heavy atom. The Hall–Kier alpha value is -3.32. The van der Waals surface area contributed by atoms with Crippen LogP contribution in [0.5, 0.6) is 5.75 Å². The van der Waals surface area contributed by atoms with Crippen molar-refractivity contribution in [1.82, 2.24) is 5.32 Å². The number of amides is 1. The minimum atomic E-state index is -3.99. The molecule has 0 saturated heterocycles. The fourth-order valence-corrected chi connectivity index (χ4v) is 4.51. The average Bonchev–Trinajstić information content (AvgIpc) is 2.78. The number of benzene rings is 3. The molecule has 0 heterocycles. The van der Waals surface area contributed by atoms with Gasteiger partial charge in [0.1, 0.15) is 12.3 Å². The number of carbonyl (C=O) groups is 1. The molecule has 0 aliphatic rings. The summed E-state index contributed by atoms with van der Waals surface area (Å²) in [5, 5.41) is 2.81. The predicted octanol–water partition coefficient (Wildman–Crippen LogP) is 3.91. The maximum atomic E-state index is 13.4. The van der Waals surface area contributed by atoms with Gasteiger partial charge in [0, 0.05) is 6.54 Å². The zero-order chi connectivity index (χ0) is 22.3. The molecule has 0 atom stereocenters. The highest BCUT2D eigenvalue weighted by molar-refractivity contribution is 7.92. The number of rotatable bonds is 9. The van der Waals surface area contributed by atoms with Crippen LogP contribution in [0.2, 0.25) is 0 Å². The summed E-state index contributed by atoms with van der Waals surface area (Å²) in [6, 6.07) is 22.7.